The van der Waals surface area contributed by atoms with Crippen LogP contribution in [-0.2, 0) is 12.0 Å². The summed E-state index contributed by atoms with van der Waals surface area (Å²) in [6.45, 7) is 12.8. The second-order valence-corrected chi connectivity index (χ2v) is 10.7. The minimum atomic E-state index is -0.155. The van der Waals surface area contributed by atoms with Crippen molar-refractivity contribution in [2.24, 2.45) is 5.41 Å². The summed E-state index contributed by atoms with van der Waals surface area (Å²) >= 11 is 1.22. The molecule has 1 fully saturated rings. The lowest BCUT2D eigenvalue weighted by molar-refractivity contribution is 0.127. The highest BCUT2D eigenvalue weighted by atomic mass is 32.1. The summed E-state index contributed by atoms with van der Waals surface area (Å²) in [5.74, 6) is 0. The number of hydrogen-bond donors (Lipinski definition) is 2. The highest BCUT2D eigenvalue weighted by Gasteiger charge is 2.43. The van der Waals surface area contributed by atoms with E-state index in [0.717, 1.165) is 42.9 Å². The first kappa shape index (κ1) is 23.7. The first-order valence-corrected chi connectivity index (χ1v) is 11.9. The van der Waals surface area contributed by atoms with Gasteiger partial charge in [0.1, 0.15) is 0 Å². The minimum Gasteiger partial charge on any atom is -0.338 e. The molecule has 1 saturated heterocycles. The smallest absolute Gasteiger partial charge is 0.315 e. The number of aromatic nitrogens is 1. The van der Waals surface area contributed by atoms with E-state index < -0.39 is 0 Å². The van der Waals surface area contributed by atoms with Gasteiger partial charge in [-0.3, -0.25) is 9.88 Å². The maximum absolute atomic E-state index is 13.5. The predicted molar refractivity (Wildman–Crippen MR) is 125 cm³/mol. The van der Waals surface area contributed by atoms with Gasteiger partial charge in [-0.2, -0.15) is 4.39 Å². The lowest BCUT2D eigenvalue weighted by atomic mass is 9.81. The van der Waals surface area contributed by atoms with E-state index in [2.05, 4.69) is 46.5 Å². The zero-order valence-corrected chi connectivity index (χ0v) is 20.1. The van der Waals surface area contributed by atoms with Crippen LogP contribution in [0.15, 0.2) is 30.5 Å². The molecule has 5 nitrogen and oxygen atoms in total. The summed E-state index contributed by atoms with van der Waals surface area (Å²) in [4.78, 5) is 20.3. The van der Waals surface area contributed by atoms with Crippen LogP contribution in [0.1, 0.15) is 56.7 Å². The Kier molecular flexibility index (Phi) is 7.37. The molecule has 2 N–H and O–H groups in total. The molecule has 0 spiro atoms. The number of urea groups is 1. The number of thiophene rings is 1. The van der Waals surface area contributed by atoms with Gasteiger partial charge >= 0.3 is 6.03 Å². The van der Waals surface area contributed by atoms with E-state index in [0.29, 0.717) is 6.54 Å². The Morgan fingerprint density at radius 2 is 2.10 bits per heavy atom. The Labute approximate surface area is 189 Å². The van der Waals surface area contributed by atoms with E-state index in [9.17, 15) is 9.18 Å². The van der Waals surface area contributed by atoms with E-state index in [1.165, 1.54) is 23.0 Å². The molecule has 2 amide bonds. The van der Waals surface area contributed by atoms with Crippen LogP contribution in [0.5, 0.6) is 0 Å². The SMILES string of the molecule is Cc1ccc(C(C)(C)N2CCC(CCc3ccc(F)s3)(CNC(=O)NC(C)C)C2)cn1. The molecule has 0 aromatic carbocycles. The average Bonchev–Trinajstić information content (AvgIpc) is 3.32. The maximum atomic E-state index is 13.5. The molecule has 1 aliphatic rings. The number of nitrogens with zero attached hydrogens (tertiary/aromatic N) is 2. The van der Waals surface area contributed by atoms with Crippen LogP contribution in [0.3, 0.4) is 0 Å². The Bertz CT molecular complexity index is 880. The second kappa shape index (κ2) is 9.65. The van der Waals surface area contributed by atoms with Crippen LogP contribution in [0.25, 0.3) is 0 Å². The number of likely N-dealkylation sites (tertiary alicyclic amines) is 1. The van der Waals surface area contributed by atoms with Crippen LogP contribution in [0, 0.1) is 17.5 Å². The summed E-state index contributed by atoms with van der Waals surface area (Å²) in [7, 11) is 0. The van der Waals surface area contributed by atoms with Crippen molar-refractivity contribution in [3.63, 3.8) is 0 Å². The van der Waals surface area contributed by atoms with Gasteiger partial charge in [-0.1, -0.05) is 6.07 Å². The van der Waals surface area contributed by atoms with E-state index in [1.54, 1.807) is 0 Å². The summed E-state index contributed by atoms with van der Waals surface area (Å²) in [6, 6.07) is 7.60. The van der Waals surface area contributed by atoms with Crippen LogP contribution in [0.4, 0.5) is 9.18 Å². The van der Waals surface area contributed by atoms with Gasteiger partial charge in [-0.05, 0) is 84.2 Å². The van der Waals surface area contributed by atoms with E-state index in [-0.39, 0.29) is 28.2 Å². The fourth-order valence-corrected chi connectivity index (χ4v) is 5.04. The van der Waals surface area contributed by atoms with Crippen molar-refractivity contribution in [1.82, 2.24) is 20.5 Å². The number of pyridine rings is 1. The first-order valence-electron chi connectivity index (χ1n) is 11.1. The normalized spacial score (nSPS) is 19.7. The third-order valence-electron chi connectivity index (χ3n) is 6.42. The molecule has 170 valence electrons. The van der Waals surface area contributed by atoms with Gasteiger partial charge in [-0.15, -0.1) is 11.3 Å². The van der Waals surface area contributed by atoms with Crippen molar-refractivity contribution < 1.29 is 9.18 Å². The minimum absolute atomic E-state index is 0.0514. The largest absolute Gasteiger partial charge is 0.338 e. The van der Waals surface area contributed by atoms with Gasteiger partial charge in [0.15, 0.2) is 5.13 Å². The molecule has 2 aromatic heterocycles. The number of carbonyl (C=O) groups is 1. The fourth-order valence-electron chi connectivity index (χ4n) is 4.32. The fraction of sp³-hybridized carbons (Fsp3) is 0.583. The number of aryl methyl sites for hydroxylation is 2. The Balaban J connectivity index is 1.74. The summed E-state index contributed by atoms with van der Waals surface area (Å²) < 4.78 is 13.5. The monoisotopic (exact) mass is 446 g/mol. The molecule has 1 atom stereocenters. The molecule has 0 saturated carbocycles. The van der Waals surface area contributed by atoms with E-state index >= 15 is 0 Å². The average molecular weight is 447 g/mol. The van der Waals surface area contributed by atoms with Crippen molar-refractivity contribution >= 4 is 17.4 Å². The zero-order valence-electron chi connectivity index (χ0n) is 19.3. The van der Waals surface area contributed by atoms with Crippen molar-refractivity contribution in [3.05, 3.63) is 51.7 Å². The third kappa shape index (κ3) is 6.04. The van der Waals surface area contributed by atoms with Gasteiger partial charge in [0, 0.05) is 46.9 Å². The Morgan fingerprint density at radius 1 is 1.32 bits per heavy atom. The van der Waals surface area contributed by atoms with Crippen molar-refractivity contribution in [1.29, 1.82) is 0 Å². The number of halogens is 1. The number of rotatable bonds is 8. The van der Waals surface area contributed by atoms with Crippen LogP contribution in [0.2, 0.25) is 0 Å². The zero-order chi connectivity index (χ0) is 22.6. The summed E-state index contributed by atoms with van der Waals surface area (Å²) in [5.41, 5.74) is 2.00. The van der Waals surface area contributed by atoms with Gasteiger partial charge in [0.2, 0.25) is 0 Å². The quantitative estimate of drug-likeness (QED) is 0.609. The van der Waals surface area contributed by atoms with Crippen molar-refractivity contribution in [2.45, 2.75) is 65.5 Å². The number of carbonyl (C=O) groups excluding carboxylic acids is 1. The molecule has 3 rings (SSSR count). The van der Waals surface area contributed by atoms with E-state index in [4.69, 9.17) is 0 Å². The van der Waals surface area contributed by atoms with Gasteiger partial charge in [0.25, 0.3) is 0 Å². The molecular formula is C24H35FN4OS. The van der Waals surface area contributed by atoms with Gasteiger partial charge in [0.05, 0.1) is 0 Å². The summed E-state index contributed by atoms with van der Waals surface area (Å²) in [6.07, 6.45) is 4.69. The Hall–Kier alpha value is -1.99. The summed E-state index contributed by atoms with van der Waals surface area (Å²) in [5, 5.41) is 5.87. The number of hydrogen-bond acceptors (Lipinski definition) is 4. The number of nitrogens with one attached hydrogen (secondary N) is 2. The lowest BCUT2D eigenvalue weighted by Crippen LogP contribution is -2.47. The molecule has 1 unspecified atom stereocenters. The molecule has 1 aliphatic heterocycles. The maximum Gasteiger partial charge on any atom is 0.315 e. The first-order chi connectivity index (χ1) is 14.6. The molecule has 0 aliphatic carbocycles. The molecule has 7 heteroatoms. The van der Waals surface area contributed by atoms with Crippen LogP contribution in [-0.4, -0.2) is 41.6 Å². The van der Waals surface area contributed by atoms with Crippen molar-refractivity contribution in [2.75, 3.05) is 19.6 Å². The number of amides is 2. The molecule has 0 bridgehead atoms. The highest BCUT2D eigenvalue weighted by molar-refractivity contribution is 7.10. The van der Waals surface area contributed by atoms with Crippen molar-refractivity contribution in [3.8, 4) is 0 Å². The second-order valence-electron chi connectivity index (χ2n) is 9.61. The topological polar surface area (TPSA) is 57.3 Å². The third-order valence-corrected chi connectivity index (χ3v) is 7.35. The predicted octanol–water partition coefficient (Wildman–Crippen LogP) is 4.86. The standard InChI is InChI=1S/C24H35FN4OS/c1-17(2)28-22(30)27-15-24(11-10-20-8-9-21(25)31-20)12-13-29(16-24)23(4,5)19-7-6-18(3)26-14-19/h6-9,14,17H,10-13,15-16H2,1-5H3,(H2,27,28,30). The molecule has 3 heterocycles. The van der Waals surface area contributed by atoms with Gasteiger partial charge < -0.3 is 10.6 Å². The van der Waals surface area contributed by atoms with E-state index in [1.807, 2.05) is 33.0 Å². The molecule has 2 aromatic rings. The Morgan fingerprint density at radius 3 is 2.71 bits per heavy atom. The lowest BCUT2D eigenvalue weighted by Gasteiger charge is -2.38. The molecule has 31 heavy (non-hydrogen) atoms. The highest BCUT2D eigenvalue weighted by Crippen LogP contribution is 2.41. The molecular weight excluding hydrogens is 411 g/mol. The molecule has 0 radical (unpaired) electrons. The van der Waals surface area contributed by atoms with Crippen LogP contribution >= 0.6 is 11.3 Å². The van der Waals surface area contributed by atoms with Gasteiger partial charge in [-0.25, -0.2) is 4.79 Å². The van der Waals surface area contributed by atoms with Crippen LogP contribution < -0.4 is 10.6 Å².